The first-order chi connectivity index (χ1) is 11.3. The van der Waals surface area contributed by atoms with Gasteiger partial charge < -0.3 is 20.9 Å². The highest BCUT2D eigenvalue weighted by Gasteiger charge is 2.11. The van der Waals surface area contributed by atoms with Gasteiger partial charge in [-0.25, -0.2) is 9.59 Å². The summed E-state index contributed by atoms with van der Waals surface area (Å²) in [5.74, 6) is -1.46. The molecule has 0 saturated carbocycles. The molecule has 0 unspecified atom stereocenters. The Morgan fingerprint density at radius 2 is 1.62 bits per heavy atom. The maximum Gasteiger partial charge on any atom is 0.340 e. The topological polar surface area (TPSA) is 102 Å². The summed E-state index contributed by atoms with van der Waals surface area (Å²) >= 11 is 11.4. The molecule has 0 aliphatic rings. The molecular weight excluding hydrogens is 355 g/mol. The van der Waals surface area contributed by atoms with Gasteiger partial charge in [-0.3, -0.25) is 0 Å². The summed E-state index contributed by atoms with van der Waals surface area (Å²) in [5.41, 5.74) is 6.71. The number of hydrogen-bond acceptors (Lipinski definition) is 5. The molecule has 0 fully saturated rings. The summed E-state index contributed by atoms with van der Waals surface area (Å²) in [6.45, 7) is 0. The first kappa shape index (κ1) is 19.6. The number of para-hydroxylation sites is 2. The number of nitrogens with one attached hydrogen (secondary N) is 1. The van der Waals surface area contributed by atoms with Crippen molar-refractivity contribution in [1.29, 1.82) is 0 Å². The molecule has 128 valence electrons. The second-order valence-corrected chi connectivity index (χ2v) is 5.22. The second-order valence-electron chi connectivity index (χ2n) is 4.41. The Kier molecular flexibility index (Phi) is 7.35. The molecule has 4 N–H and O–H groups in total. The number of benzene rings is 2. The highest BCUT2D eigenvalue weighted by atomic mass is 35.5. The van der Waals surface area contributed by atoms with E-state index >= 15 is 0 Å². The third kappa shape index (κ3) is 4.78. The molecule has 0 radical (unpaired) electrons. The fourth-order valence-electron chi connectivity index (χ4n) is 1.78. The van der Waals surface area contributed by atoms with Crippen LogP contribution in [0.15, 0.2) is 36.4 Å². The zero-order chi connectivity index (χ0) is 18.3. The number of halogens is 2. The van der Waals surface area contributed by atoms with E-state index in [0.717, 1.165) is 0 Å². The van der Waals surface area contributed by atoms with Gasteiger partial charge in [-0.1, -0.05) is 35.3 Å². The zero-order valence-electron chi connectivity index (χ0n) is 13.0. The third-order valence-corrected chi connectivity index (χ3v) is 3.60. The number of rotatable bonds is 3. The highest BCUT2D eigenvalue weighted by molar-refractivity contribution is 6.34. The van der Waals surface area contributed by atoms with E-state index in [1.807, 2.05) is 0 Å². The SMILES string of the molecule is CNc1c(Cl)cccc1C(=O)O.COC(=O)c1cccc(Cl)c1N. The molecular formula is C16H16Cl2N2O4. The van der Waals surface area contributed by atoms with Crippen molar-refractivity contribution in [2.45, 2.75) is 0 Å². The predicted molar refractivity (Wildman–Crippen MR) is 95.2 cm³/mol. The number of hydrogen-bond donors (Lipinski definition) is 3. The Morgan fingerprint density at radius 3 is 2.08 bits per heavy atom. The van der Waals surface area contributed by atoms with Crippen LogP contribution < -0.4 is 11.1 Å². The number of carboxylic acid groups (broad SMARTS) is 1. The van der Waals surface area contributed by atoms with E-state index in [4.69, 9.17) is 34.0 Å². The first-order valence-corrected chi connectivity index (χ1v) is 7.40. The van der Waals surface area contributed by atoms with Gasteiger partial charge >= 0.3 is 11.9 Å². The van der Waals surface area contributed by atoms with E-state index in [1.54, 1.807) is 37.4 Å². The van der Waals surface area contributed by atoms with E-state index in [9.17, 15) is 9.59 Å². The lowest BCUT2D eigenvalue weighted by molar-refractivity contribution is 0.0601. The Balaban J connectivity index is 0.000000240. The van der Waals surface area contributed by atoms with Gasteiger partial charge in [0.25, 0.3) is 0 Å². The molecule has 0 aliphatic carbocycles. The summed E-state index contributed by atoms with van der Waals surface area (Å²) in [6.07, 6.45) is 0. The molecule has 0 atom stereocenters. The van der Waals surface area contributed by atoms with Crippen LogP contribution in [0, 0.1) is 0 Å². The molecule has 6 nitrogen and oxygen atoms in total. The molecule has 0 bridgehead atoms. The smallest absolute Gasteiger partial charge is 0.340 e. The van der Waals surface area contributed by atoms with Crippen molar-refractivity contribution in [1.82, 2.24) is 0 Å². The Morgan fingerprint density at radius 1 is 1.08 bits per heavy atom. The summed E-state index contributed by atoms with van der Waals surface area (Å²) < 4.78 is 4.49. The van der Waals surface area contributed by atoms with Gasteiger partial charge in [0, 0.05) is 7.05 Å². The van der Waals surface area contributed by atoms with Gasteiger partial charge in [-0.2, -0.15) is 0 Å². The van der Waals surface area contributed by atoms with E-state index < -0.39 is 11.9 Å². The minimum absolute atomic E-state index is 0.185. The minimum atomic E-state index is -0.984. The predicted octanol–water partition coefficient (Wildman–Crippen LogP) is 3.79. The summed E-state index contributed by atoms with van der Waals surface area (Å²) in [4.78, 5) is 21.7. The number of carboxylic acids is 1. The van der Waals surface area contributed by atoms with Gasteiger partial charge in [0.2, 0.25) is 0 Å². The Bertz CT molecular complexity index is 751. The number of ether oxygens (including phenoxy) is 1. The van der Waals surface area contributed by atoms with Crippen LogP contribution in [0.1, 0.15) is 20.7 Å². The van der Waals surface area contributed by atoms with Crippen LogP contribution >= 0.6 is 23.2 Å². The lowest BCUT2D eigenvalue weighted by Gasteiger charge is -2.06. The van der Waals surface area contributed by atoms with Crippen LogP contribution in [0.4, 0.5) is 11.4 Å². The number of methoxy groups -OCH3 is 1. The standard InChI is InChI=1S/2C8H8ClNO2/c1-12-8(11)5-3-2-4-6(9)7(5)10;1-10-7-5(8(11)12)3-2-4-6(7)9/h2-4H,10H2,1H3;2-4,10H,1H3,(H,11,12). The fourth-order valence-corrected chi connectivity index (χ4v) is 2.22. The monoisotopic (exact) mass is 370 g/mol. The molecule has 0 spiro atoms. The molecule has 2 rings (SSSR count). The number of carbonyl (C=O) groups excluding carboxylic acids is 1. The van der Waals surface area contributed by atoms with Crippen molar-refractivity contribution in [2.24, 2.45) is 0 Å². The normalized spacial score (nSPS) is 9.50. The Hall–Kier alpha value is -2.44. The summed E-state index contributed by atoms with van der Waals surface area (Å²) in [7, 11) is 2.93. The number of aromatic carboxylic acids is 1. The number of nitrogens with two attached hydrogens (primary N) is 1. The average molecular weight is 371 g/mol. The first-order valence-electron chi connectivity index (χ1n) is 6.65. The number of nitrogen functional groups attached to an aromatic ring is 1. The Labute approximate surface area is 149 Å². The maximum atomic E-state index is 11.0. The van der Waals surface area contributed by atoms with Crippen molar-refractivity contribution < 1.29 is 19.4 Å². The summed E-state index contributed by atoms with van der Waals surface area (Å²) in [5, 5.41) is 12.2. The van der Waals surface area contributed by atoms with Crippen molar-refractivity contribution in [3.63, 3.8) is 0 Å². The van der Waals surface area contributed by atoms with Gasteiger partial charge in [0.15, 0.2) is 0 Å². The lowest BCUT2D eigenvalue weighted by Crippen LogP contribution is -2.05. The quantitative estimate of drug-likeness (QED) is 0.561. The van der Waals surface area contributed by atoms with E-state index in [2.05, 4.69) is 10.1 Å². The van der Waals surface area contributed by atoms with Crippen molar-refractivity contribution in [3.05, 3.63) is 57.6 Å². The zero-order valence-corrected chi connectivity index (χ0v) is 14.5. The van der Waals surface area contributed by atoms with Crippen molar-refractivity contribution >= 4 is 46.5 Å². The largest absolute Gasteiger partial charge is 0.478 e. The molecule has 0 aromatic heterocycles. The minimum Gasteiger partial charge on any atom is -0.478 e. The van der Waals surface area contributed by atoms with E-state index in [0.29, 0.717) is 21.3 Å². The lowest BCUT2D eigenvalue weighted by atomic mass is 10.2. The molecule has 0 saturated heterocycles. The molecule has 0 aliphatic heterocycles. The fraction of sp³-hybridized carbons (Fsp3) is 0.125. The highest BCUT2D eigenvalue weighted by Crippen LogP contribution is 2.25. The van der Waals surface area contributed by atoms with Crippen LogP contribution in [0.25, 0.3) is 0 Å². The second kappa shape index (κ2) is 9.00. The van der Waals surface area contributed by atoms with Gasteiger partial charge in [0.05, 0.1) is 39.7 Å². The summed E-state index contributed by atoms with van der Waals surface area (Å²) in [6, 6.07) is 9.56. The van der Waals surface area contributed by atoms with Crippen LogP contribution in [0.3, 0.4) is 0 Å². The number of esters is 1. The molecule has 24 heavy (non-hydrogen) atoms. The number of anilines is 2. The molecule has 0 amide bonds. The van der Waals surface area contributed by atoms with Crippen LogP contribution in [0.5, 0.6) is 0 Å². The van der Waals surface area contributed by atoms with Crippen LogP contribution in [-0.4, -0.2) is 31.2 Å². The van der Waals surface area contributed by atoms with Crippen molar-refractivity contribution in [2.75, 3.05) is 25.2 Å². The van der Waals surface area contributed by atoms with E-state index in [-0.39, 0.29) is 11.3 Å². The van der Waals surface area contributed by atoms with Gasteiger partial charge in [-0.15, -0.1) is 0 Å². The third-order valence-electron chi connectivity index (χ3n) is 2.95. The molecule has 8 heteroatoms. The molecule has 0 heterocycles. The van der Waals surface area contributed by atoms with Crippen molar-refractivity contribution in [3.8, 4) is 0 Å². The van der Waals surface area contributed by atoms with Gasteiger partial charge in [0.1, 0.15) is 0 Å². The molecule has 2 aromatic carbocycles. The molecule has 2 aromatic rings. The maximum absolute atomic E-state index is 11.0. The van der Waals surface area contributed by atoms with E-state index in [1.165, 1.54) is 13.2 Å². The van der Waals surface area contributed by atoms with Crippen LogP contribution in [-0.2, 0) is 4.74 Å². The van der Waals surface area contributed by atoms with Crippen LogP contribution in [0.2, 0.25) is 10.0 Å². The van der Waals surface area contributed by atoms with Gasteiger partial charge in [-0.05, 0) is 24.3 Å². The average Bonchev–Trinajstić information content (AvgIpc) is 2.57. The number of carbonyl (C=O) groups is 2.